The van der Waals surface area contributed by atoms with Crippen molar-refractivity contribution in [1.29, 1.82) is 0 Å². The third-order valence-corrected chi connectivity index (χ3v) is 2.80. The summed E-state index contributed by atoms with van der Waals surface area (Å²) >= 11 is 0. The molecule has 2 rings (SSSR count). The van der Waals surface area contributed by atoms with Gasteiger partial charge in [0, 0.05) is 38.6 Å². The Bertz CT molecular complexity index is 340. The maximum atomic E-state index is 11.9. The quantitative estimate of drug-likeness (QED) is 0.704. The van der Waals surface area contributed by atoms with Gasteiger partial charge in [-0.3, -0.25) is 4.79 Å². The summed E-state index contributed by atoms with van der Waals surface area (Å²) in [6.07, 6.45) is 5.09. The van der Waals surface area contributed by atoms with Gasteiger partial charge in [0.15, 0.2) is 11.6 Å². The molecule has 1 aliphatic rings. The Balaban J connectivity index is 2.00. The van der Waals surface area contributed by atoms with E-state index in [4.69, 9.17) is 4.74 Å². The summed E-state index contributed by atoms with van der Waals surface area (Å²) in [6.45, 7) is 4.32. The summed E-state index contributed by atoms with van der Waals surface area (Å²) < 4.78 is 7.14. The van der Waals surface area contributed by atoms with E-state index in [1.165, 1.54) is 0 Å². The van der Waals surface area contributed by atoms with E-state index < -0.39 is 0 Å². The first-order valence-electron chi connectivity index (χ1n) is 5.43. The van der Waals surface area contributed by atoms with Gasteiger partial charge < -0.3 is 9.30 Å². The fourth-order valence-corrected chi connectivity index (χ4v) is 1.91. The molecule has 0 spiro atoms. The molecule has 2 heterocycles. The number of nitrogens with zero attached hydrogens (tertiary/aromatic N) is 2. The Kier molecular flexibility index (Phi) is 3.16. The second-order valence-corrected chi connectivity index (χ2v) is 3.89. The smallest absolute Gasteiger partial charge is 0.198 e. The van der Waals surface area contributed by atoms with Crippen LogP contribution in [0.25, 0.3) is 0 Å². The van der Waals surface area contributed by atoms with E-state index in [0.717, 1.165) is 26.2 Å². The monoisotopic (exact) mass is 208 g/mol. The average Bonchev–Trinajstić information content (AvgIpc) is 2.86. The zero-order valence-corrected chi connectivity index (χ0v) is 8.98. The molecule has 0 aliphatic carbocycles. The minimum Gasteiger partial charge on any atom is -0.381 e. The van der Waals surface area contributed by atoms with Crippen LogP contribution in [-0.4, -0.2) is 28.5 Å². The van der Waals surface area contributed by atoms with E-state index >= 15 is 0 Å². The van der Waals surface area contributed by atoms with Crippen molar-refractivity contribution < 1.29 is 9.53 Å². The molecular formula is C11H16N2O2. The fourth-order valence-electron chi connectivity index (χ4n) is 1.91. The molecule has 15 heavy (non-hydrogen) atoms. The maximum Gasteiger partial charge on any atom is 0.198 e. The number of hydrogen-bond donors (Lipinski definition) is 0. The van der Waals surface area contributed by atoms with E-state index in [9.17, 15) is 4.79 Å². The number of imidazole rings is 1. The Morgan fingerprint density at radius 3 is 3.27 bits per heavy atom. The molecule has 1 atom stereocenters. The number of rotatable bonds is 4. The minimum atomic E-state index is 0.136. The molecule has 4 nitrogen and oxygen atoms in total. The third kappa shape index (κ3) is 2.26. The number of ether oxygens (including phenoxy) is 1. The molecule has 0 aromatic carbocycles. The van der Waals surface area contributed by atoms with Crippen LogP contribution in [0.3, 0.4) is 0 Å². The van der Waals surface area contributed by atoms with Crippen LogP contribution in [0.5, 0.6) is 0 Å². The highest BCUT2D eigenvalue weighted by Gasteiger charge is 2.21. The van der Waals surface area contributed by atoms with Gasteiger partial charge in [-0.05, 0) is 19.3 Å². The summed E-state index contributed by atoms with van der Waals surface area (Å²) in [5.74, 6) is 1.11. The second kappa shape index (κ2) is 4.57. The largest absolute Gasteiger partial charge is 0.381 e. The van der Waals surface area contributed by atoms with Crippen LogP contribution in [0.4, 0.5) is 0 Å². The number of ketones is 1. The van der Waals surface area contributed by atoms with Gasteiger partial charge in [-0.1, -0.05) is 0 Å². The number of Topliss-reactive ketones (excluding diaryl/α,β-unsaturated/α-hetero) is 1. The lowest BCUT2D eigenvalue weighted by atomic mass is 10.0. The number of aryl methyl sites for hydroxylation is 1. The number of aromatic nitrogens is 2. The van der Waals surface area contributed by atoms with Gasteiger partial charge in [-0.2, -0.15) is 0 Å². The van der Waals surface area contributed by atoms with Crippen LogP contribution < -0.4 is 0 Å². The summed E-state index contributed by atoms with van der Waals surface area (Å²) in [7, 11) is 0. The summed E-state index contributed by atoms with van der Waals surface area (Å²) in [5.41, 5.74) is 0. The molecule has 1 aromatic rings. The van der Waals surface area contributed by atoms with Gasteiger partial charge in [0.05, 0.1) is 0 Å². The molecule has 1 unspecified atom stereocenters. The van der Waals surface area contributed by atoms with Gasteiger partial charge in [-0.15, -0.1) is 0 Å². The average molecular weight is 208 g/mol. The Morgan fingerprint density at radius 2 is 2.60 bits per heavy atom. The van der Waals surface area contributed by atoms with Gasteiger partial charge in [-0.25, -0.2) is 4.98 Å². The SMILES string of the molecule is CCn1ccnc1C(=O)CC1CCOC1. The molecule has 0 radical (unpaired) electrons. The van der Waals surface area contributed by atoms with E-state index in [2.05, 4.69) is 4.98 Å². The molecule has 0 amide bonds. The van der Waals surface area contributed by atoms with Gasteiger partial charge >= 0.3 is 0 Å². The van der Waals surface area contributed by atoms with Crippen LogP contribution in [0.2, 0.25) is 0 Å². The molecule has 1 aromatic heterocycles. The second-order valence-electron chi connectivity index (χ2n) is 3.89. The molecule has 82 valence electrons. The maximum absolute atomic E-state index is 11.9. The molecular weight excluding hydrogens is 192 g/mol. The molecule has 0 saturated carbocycles. The lowest BCUT2D eigenvalue weighted by Crippen LogP contribution is -2.14. The molecule has 4 heteroatoms. The van der Waals surface area contributed by atoms with Gasteiger partial charge in [0.2, 0.25) is 0 Å². The van der Waals surface area contributed by atoms with Crippen molar-refractivity contribution in [2.24, 2.45) is 5.92 Å². The Labute approximate surface area is 89.3 Å². The first-order valence-corrected chi connectivity index (χ1v) is 5.43. The van der Waals surface area contributed by atoms with Gasteiger partial charge in [0.1, 0.15) is 0 Å². The van der Waals surface area contributed by atoms with Crippen LogP contribution in [0, 0.1) is 5.92 Å². The lowest BCUT2D eigenvalue weighted by Gasteiger charge is -2.07. The normalized spacial score (nSPS) is 20.7. The Morgan fingerprint density at radius 1 is 1.73 bits per heavy atom. The molecule has 0 bridgehead atoms. The van der Waals surface area contributed by atoms with Crippen molar-refractivity contribution in [2.45, 2.75) is 26.3 Å². The highest BCUT2D eigenvalue weighted by Crippen LogP contribution is 2.18. The van der Waals surface area contributed by atoms with E-state index in [1.807, 2.05) is 17.7 Å². The molecule has 1 saturated heterocycles. The summed E-state index contributed by atoms with van der Waals surface area (Å²) in [5, 5.41) is 0. The van der Waals surface area contributed by atoms with Crippen molar-refractivity contribution in [3.8, 4) is 0 Å². The van der Waals surface area contributed by atoms with Crippen molar-refractivity contribution in [2.75, 3.05) is 13.2 Å². The van der Waals surface area contributed by atoms with Crippen molar-refractivity contribution in [3.05, 3.63) is 18.2 Å². The van der Waals surface area contributed by atoms with E-state index in [-0.39, 0.29) is 5.78 Å². The fraction of sp³-hybridized carbons (Fsp3) is 0.636. The zero-order chi connectivity index (χ0) is 10.7. The molecule has 1 aliphatic heterocycles. The first kappa shape index (κ1) is 10.4. The van der Waals surface area contributed by atoms with Crippen molar-refractivity contribution in [1.82, 2.24) is 9.55 Å². The topological polar surface area (TPSA) is 44.1 Å². The third-order valence-electron chi connectivity index (χ3n) is 2.80. The predicted molar refractivity (Wildman–Crippen MR) is 55.8 cm³/mol. The minimum absolute atomic E-state index is 0.136. The standard InChI is InChI=1S/C11H16N2O2/c1-2-13-5-4-12-11(13)10(14)7-9-3-6-15-8-9/h4-5,9H,2-3,6-8H2,1H3. The van der Waals surface area contributed by atoms with Crippen molar-refractivity contribution >= 4 is 5.78 Å². The van der Waals surface area contributed by atoms with Crippen LogP contribution >= 0.6 is 0 Å². The van der Waals surface area contributed by atoms with E-state index in [0.29, 0.717) is 18.2 Å². The molecule has 1 fully saturated rings. The lowest BCUT2D eigenvalue weighted by molar-refractivity contribution is 0.0938. The zero-order valence-electron chi connectivity index (χ0n) is 8.98. The molecule has 0 N–H and O–H groups in total. The van der Waals surface area contributed by atoms with Crippen LogP contribution in [-0.2, 0) is 11.3 Å². The summed E-state index contributed by atoms with van der Waals surface area (Å²) in [4.78, 5) is 16.0. The van der Waals surface area contributed by atoms with Gasteiger partial charge in [0.25, 0.3) is 0 Å². The number of carbonyl (C=O) groups excluding carboxylic acids is 1. The van der Waals surface area contributed by atoms with Crippen LogP contribution in [0.1, 0.15) is 30.4 Å². The highest BCUT2D eigenvalue weighted by molar-refractivity contribution is 5.92. The van der Waals surface area contributed by atoms with Crippen molar-refractivity contribution in [3.63, 3.8) is 0 Å². The van der Waals surface area contributed by atoms with E-state index in [1.54, 1.807) is 6.20 Å². The highest BCUT2D eigenvalue weighted by atomic mass is 16.5. The predicted octanol–water partition coefficient (Wildman–Crippen LogP) is 1.51. The van der Waals surface area contributed by atoms with Crippen LogP contribution in [0.15, 0.2) is 12.4 Å². The number of carbonyl (C=O) groups is 1. The first-order chi connectivity index (χ1) is 7.31. The number of hydrogen-bond acceptors (Lipinski definition) is 3. The summed E-state index contributed by atoms with van der Waals surface area (Å²) in [6, 6.07) is 0. The Hall–Kier alpha value is -1.16.